The Morgan fingerprint density at radius 3 is 2.91 bits per heavy atom. The molecule has 1 aromatic carbocycles. The van der Waals surface area contributed by atoms with E-state index in [1.54, 1.807) is 13.2 Å². The molecule has 0 aliphatic rings. The first-order valence-corrected chi connectivity index (χ1v) is 7.90. The maximum atomic E-state index is 6.25. The van der Waals surface area contributed by atoms with Crippen LogP contribution in [0.2, 0.25) is 5.02 Å². The first-order chi connectivity index (χ1) is 10.6. The highest BCUT2D eigenvalue weighted by Gasteiger charge is 2.11. The summed E-state index contributed by atoms with van der Waals surface area (Å²) in [5.74, 6) is 1.13. The number of methoxy groups -OCH3 is 1. The number of aromatic nitrogens is 1. The lowest BCUT2D eigenvalue weighted by molar-refractivity contribution is 0.326. The van der Waals surface area contributed by atoms with E-state index in [1.807, 2.05) is 17.5 Å². The number of rotatable bonds is 8. The van der Waals surface area contributed by atoms with Crippen LogP contribution in [0, 0.1) is 0 Å². The van der Waals surface area contributed by atoms with Crippen LogP contribution >= 0.6 is 22.9 Å². The van der Waals surface area contributed by atoms with Gasteiger partial charge in [0, 0.05) is 18.5 Å². The van der Waals surface area contributed by atoms with Crippen molar-refractivity contribution in [1.82, 2.24) is 10.3 Å². The van der Waals surface area contributed by atoms with Gasteiger partial charge in [-0.2, -0.15) is 0 Å². The van der Waals surface area contributed by atoms with Crippen molar-refractivity contribution in [3.8, 4) is 11.5 Å². The second-order valence-corrected chi connectivity index (χ2v) is 5.79. The summed E-state index contributed by atoms with van der Waals surface area (Å²) in [7, 11) is 1.59. The summed E-state index contributed by atoms with van der Waals surface area (Å²) >= 11 is 7.68. The topological polar surface area (TPSA) is 69.4 Å². The fourth-order valence-electron chi connectivity index (χ4n) is 1.90. The fourth-order valence-corrected chi connectivity index (χ4v) is 2.75. The van der Waals surface area contributed by atoms with Crippen LogP contribution in [0.1, 0.15) is 11.3 Å². The second kappa shape index (κ2) is 8.03. The molecular formula is C15H18ClN3O2S. The molecule has 0 unspecified atom stereocenters. The van der Waals surface area contributed by atoms with Crippen molar-refractivity contribution < 1.29 is 9.47 Å². The molecule has 22 heavy (non-hydrogen) atoms. The average Bonchev–Trinajstić information content (AvgIpc) is 2.91. The van der Waals surface area contributed by atoms with E-state index in [-0.39, 0.29) is 0 Å². The highest BCUT2D eigenvalue weighted by Crippen LogP contribution is 2.36. The molecule has 1 aromatic heterocycles. The Morgan fingerprint density at radius 1 is 1.45 bits per heavy atom. The standard InChI is InChI=1S/C15H18ClN3O2S/c1-3-4-21-14-12(16)5-10(6-13(14)20-2)7-18-8-11-9-22-15(17)19-11/h3,5-6,9,18H,1,4,7-8H2,2H3,(H2,17,19). The molecule has 0 saturated heterocycles. The number of nitrogens with two attached hydrogens (primary N) is 1. The molecule has 0 spiro atoms. The van der Waals surface area contributed by atoms with E-state index in [9.17, 15) is 0 Å². The molecule has 2 rings (SSSR count). The number of anilines is 1. The van der Waals surface area contributed by atoms with E-state index in [0.717, 1.165) is 11.3 Å². The Balaban J connectivity index is 2.01. The Kier molecular flexibility index (Phi) is 6.06. The van der Waals surface area contributed by atoms with Crippen LogP contribution < -0.4 is 20.5 Å². The van der Waals surface area contributed by atoms with Crippen LogP contribution in [0.5, 0.6) is 11.5 Å². The summed E-state index contributed by atoms with van der Waals surface area (Å²) in [5.41, 5.74) is 7.52. The Labute approximate surface area is 138 Å². The van der Waals surface area contributed by atoms with Gasteiger partial charge in [0.15, 0.2) is 16.6 Å². The molecule has 2 aromatic rings. The van der Waals surface area contributed by atoms with Gasteiger partial charge in [0.1, 0.15) is 6.61 Å². The van der Waals surface area contributed by atoms with Crippen LogP contribution in [-0.2, 0) is 13.1 Å². The molecule has 118 valence electrons. The largest absolute Gasteiger partial charge is 0.493 e. The van der Waals surface area contributed by atoms with Gasteiger partial charge in [0.05, 0.1) is 17.8 Å². The van der Waals surface area contributed by atoms with Crippen LogP contribution in [0.15, 0.2) is 30.2 Å². The van der Waals surface area contributed by atoms with Gasteiger partial charge in [-0.1, -0.05) is 24.3 Å². The van der Waals surface area contributed by atoms with Crippen LogP contribution in [0.3, 0.4) is 0 Å². The summed E-state index contributed by atoms with van der Waals surface area (Å²) in [6.07, 6.45) is 1.66. The minimum Gasteiger partial charge on any atom is -0.493 e. The van der Waals surface area contributed by atoms with Crippen molar-refractivity contribution in [2.24, 2.45) is 0 Å². The zero-order valence-electron chi connectivity index (χ0n) is 12.3. The summed E-state index contributed by atoms with van der Waals surface area (Å²) in [4.78, 5) is 4.19. The molecule has 0 saturated carbocycles. The van der Waals surface area contributed by atoms with Crippen molar-refractivity contribution in [2.75, 3.05) is 19.5 Å². The number of nitrogen functional groups attached to an aromatic ring is 1. The normalized spacial score (nSPS) is 10.5. The zero-order chi connectivity index (χ0) is 15.9. The maximum Gasteiger partial charge on any atom is 0.180 e. The van der Waals surface area contributed by atoms with E-state index in [0.29, 0.717) is 41.3 Å². The third kappa shape index (κ3) is 4.37. The third-order valence-electron chi connectivity index (χ3n) is 2.84. The van der Waals surface area contributed by atoms with Gasteiger partial charge < -0.3 is 20.5 Å². The number of ether oxygens (including phenoxy) is 2. The van der Waals surface area contributed by atoms with Crippen LogP contribution in [0.4, 0.5) is 5.13 Å². The quantitative estimate of drug-likeness (QED) is 0.722. The number of nitrogens with one attached hydrogen (secondary N) is 1. The molecule has 1 heterocycles. The van der Waals surface area contributed by atoms with Crippen LogP contribution in [0.25, 0.3) is 0 Å². The second-order valence-electron chi connectivity index (χ2n) is 4.49. The first-order valence-electron chi connectivity index (χ1n) is 6.64. The number of thiazole rings is 1. The van der Waals surface area contributed by atoms with Gasteiger partial charge >= 0.3 is 0 Å². The fraction of sp³-hybridized carbons (Fsp3) is 0.267. The van der Waals surface area contributed by atoms with Gasteiger partial charge in [0.25, 0.3) is 0 Å². The number of hydrogen-bond acceptors (Lipinski definition) is 6. The van der Waals surface area contributed by atoms with Gasteiger partial charge in [-0.15, -0.1) is 11.3 Å². The smallest absolute Gasteiger partial charge is 0.180 e. The number of halogens is 1. The molecule has 7 heteroatoms. The van der Waals surface area contributed by atoms with E-state index >= 15 is 0 Å². The molecule has 0 radical (unpaired) electrons. The molecule has 5 nitrogen and oxygen atoms in total. The molecule has 0 aliphatic carbocycles. The van der Waals surface area contributed by atoms with Crippen molar-refractivity contribution in [1.29, 1.82) is 0 Å². The molecule has 0 fully saturated rings. The lowest BCUT2D eigenvalue weighted by Crippen LogP contribution is -2.13. The highest BCUT2D eigenvalue weighted by atomic mass is 35.5. The van der Waals surface area contributed by atoms with Crippen molar-refractivity contribution in [3.63, 3.8) is 0 Å². The number of benzene rings is 1. The molecule has 0 amide bonds. The molecule has 0 bridgehead atoms. The summed E-state index contributed by atoms with van der Waals surface area (Å²) in [5, 5.41) is 6.31. The van der Waals surface area contributed by atoms with Gasteiger partial charge in [-0.05, 0) is 17.7 Å². The van der Waals surface area contributed by atoms with Gasteiger partial charge in [-0.25, -0.2) is 4.98 Å². The minimum atomic E-state index is 0.374. The van der Waals surface area contributed by atoms with Gasteiger partial charge in [-0.3, -0.25) is 0 Å². The lowest BCUT2D eigenvalue weighted by Gasteiger charge is -2.13. The molecular weight excluding hydrogens is 322 g/mol. The Bertz CT molecular complexity index is 646. The highest BCUT2D eigenvalue weighted by molar-refractivity contribution is 7.13. The monoisotopic (exact) mass is 339 g/mol. The minimum absolute atomic E-state index is 0.374. The molecule has 0 aliphatic heterocycles. The SMILES string of the molecule is C=CCOc1c(Cl)cc(CNCc2csc(N)n2)cc1OC. The van der Waals surface area contributed by atoms with E-state index in [4.69, 9.17) is 26.8 Å². The lowest BCUT2D eigenvalue weighted by atomic mass is 10.2. The van der Waals surface area contributed by atoms with Gasteiger partial charge in [0.2, 0.25) is 0 Å². The average molecular weight is 340 g/mol. The maximum absolute atomic E-state index is 6.25. The van der Waals surface area contributed by atoms with Crippen molar-refractivity contribution in [2.45, 2.75) is 13.1 Å². The first kappa shape index (κ1) is 16.6. The third-order valence-corrected chi connectivity index (χ3v) is 3.84. The van der Waals surface area contributed by atoms with Crippen molar-refractivity contribution in [3.05, 3.63) is 46.4 Å². The van der Waals surface area contributed by atoms with Crippen molar-refractivity contribution >= 4 is 28.1 Å². The predicted molar refractivity (Wildman–Crippen MR) is 90.8 cm³/mol. The number of hydrogen-bond donors (Lipinski definition) is 2. The van der Waals surface area contributed by atoms with E-state index < -0.39 is 0 Å². The van der Waals surface area contributed by atoms with Crippen LogP contribution in [-0.4, -0.2) is 18.7 Å². The predicted octanol–water partition coefficient (Wildman–Crippen LogP) is 3.24. The summed E-state index contributed by atoms with van der Waals surface area (Å²) < 4.78 is 10.9. The zero-order valence-corrected chi connectivity index (χ0v) is 13.8. The van der Waals surface area contributed by atoms with E-state index in [2.05, 4.69) is 16.9 Å². The Morgan fingerprint density at radius 2 is 2.27 bits per heavy atom. The van der Waals surface area contributed by atoms with E-state index in [1.165, 1.54) is 11.3 Å². The number of nitrogens with zero attached hydrogens (tertiary/aromatic N) is 1. The Hall–Kier alpha value is -1.76. The summed E-state index contributed by atoms with van der Waals surface area (Å²) in [6.45, 7) is 5.27. The molecule has 3 N–H and O–H groups in total. The molecule has 0 atom stereocenters. The summed E-state index contributed by atoms with van der Waals surface area (Å²) in [6, 6.07) is 3.75.